The Morgan fingerprint density at radius 2 is 2.17 bits per heavy atom. The van der Waals surface area contributed by atoms with E-state index in [1.807, 2.05) is 0 Å². The van der Waals surface area contributed by atoms with Gasteiger partial charge in [0.25, 0.3) is 5.91 Å². The van der Waals surface area contributed by atoms with Crippen molar-refractivity contribution in [3.8, 4) is 11.5 Å². The molecule has 0 aromatic heterocycles. The normalized spacial score (nSPS) is 21.0. The van der Waals surface area contributed by atoms with Crippen molar-refractivity contribution in [1.82, 2.24) is 4.90 Å². The highest BCUT2D eigenvalue weighted by Gasteiger charge is 2.30. The average Bonchev–Trinajstić information content (AvgIpc) is 2.81. The van der Waals surface area contributed by atoms with E-state index < -0.39 is 6.10 Å². The first-order valence-electron chi connectivity index (χ1n) is 5.98. The van der Waals surface area contributed by atoms with Gasteiger partial charge in [-0.15, -0.1) is 0 Å². The fraction of sp³-hybridized carbons (Fsp3) is 0.462. The van der Waals surface area contributed by atoms with Crippen LogP contribution in [0.3, 0.4) is 0 Å². The molecule has 98 valence electrons. The van der Waals surface area contributed by atoms with E-state index in [2.05, 4.69) is 0 Å². The number of hydrogen-bond donors (Lipinski definition) is 3. The predicted molar refractivity (Wildman–Crippen MR) is 65.5 cm³/mol. The van der Waals surface area contributed by atoms with E-state index in [1.165, 1.54) is 18.2 Å². The van der Waals surface area contributed by atoms with Gasteiger partial charge in [0, 0.05) is 19.0 Å². The van der Waals surface area contributed by atoms with Crippen LogP contribution in [0.1, 0.15) is 23.7 Å². The van der Waals surface area contributed by atoms with Crippen molar-refractivity contribution in [2.75, 3.05) is 13.1 Å². The number of aliphatic hydroxyl groups is 1. The number of nitrogens with zero attached hydrogens (tertiary/aromatic N) is 1. The molecule has 1 aliphatic heterocycles. The SMILES string of the molecule is CC(O)C1CCN(C(=O)c2cc(O)ccc2O)C1. The molecule has 0 radical (unpaired) electrons. The molecule has 1 aromatic carbocycles. The maximum absolute atomic E-state index is 12.2. The van der Waals surface area contributed by atoms with Crippen molar-refractivity contribution in [2.45, 2.75) is 19.4 Å². The van der Waals surface area contributed by atoms with Crippen LogP contribution < -0.4 is 0 Å². The van der Waals surface area contributed by atoms with Gasteiger partial charge in [-0.2, -0.15) is 0 Å². The first kappa shape index (κ1) is 12.7. The molecule has 2 unspecified atom stereocenters. The smallest absolute Gasteiger partial charge is 0.257 e. The second kappa shape index (κ2) is 4.86. The van der Waals surface area contributed by atoms with Crippen LogP contribution in [0.15, 0.2) is 18.2 Å². The summed E-state index contributed by atoms with van der Waals surface area (Å²) in [6.07, 6.45) is 0.309. The number of aromatic hydroxyl groups is 2. The number of amides is 1. The highest BCUT2D eigenvalue weighted by Crippen LogP contribution is 2.27. The number of benzene rings is 1. The monoisotopic (exact) mass is 251 g/mol. The van der Waals surface area contributed by atoms with E-state index in [0.29, 0.717) is 13.1 Å². The van der Waals surface area contributed by atoms with Crippen molar-refractivity contribution in [3.05, 3.63) is 23.8 Å². The molecule has 1 aromatic rings. The number of carbonyl (C=O) groups excluding carboxylic acids is 1. The van der Waals surface area contributed by atoms with E-state index >= 15 is 0 Å². The summed E-state index contributed by atoms with van der Waals surface area (Å²) in [5, 5.41) is 28.5. The standard InChI is InChI=1S/C13H17NO4/c1-8(15)9-4-5-14(7-9)13(18)11-6-10(16)2-3-12(11)17/h2-3,6,8-9,15-17H,4-5,7H2,1H3. The minimum absolute atomic E-state index is 0.0533. The van der Waals surface area contributed by atoms with Gasteiger partial charge in [0.2, 0.25) is 0 Å². The number of hydrogen-bond acceptors (Lipinski definition) is 4. The van der Waals surface area contributed by atoms with E-state index in [-0.39, 0.29) is 28.9 Å². The van der Waals surface area contributed by atoms with E-state index in [9.17, 15) is 20.1 Å². The molecule has 0 saturated carbocycles. The van der Waals surface area contributed by atoms with Crippen molar-refractivity contribution in [1.29, 1.82) is 0 Å². The number of phenols is 2. The molecule has 1 saturated heterocycles. The molecule has 0 aliphatic carbocycles. The van der Waals surface area contributed by atoms with Crippen LogP contribution in [0.25, 0.3) is 0 Å². The minimum Gasteiger partial charge on any atom is -0.508 e. The van der Waals surface area contributed by atoms with Gasteiger partial charge in [0.1, 0.15) is 11.5 Å². The first-order chi connectivity index (χ1) is 8.49. The first-order valence-corrected chi connectivity index (χ1v) is 5.98. The zero-order chi connectivity index (χ0) is 13.3. The van der Waals surface area contributed by atoms with Crippen molar-refractivity contribution >= 4 is 5.91 Å². The molecule has 1 fully saturated rings. The summed E-state index contributed by atoms with van der Waals surface area (Å²) >= 11 is 0. The lowest BCUT2D eigenvalue weighted by Gasteiger charge is -2.18. The summed E-state index contributed by atoms with van der Waals surface area (Å²) in [5.74, 6) is -0.430. The Morgan fingerprint density at radius 1 is 1.44 bits per heavy atom. The summed E-state index contributed by atoms with van der Waals surface area (Å²) in [5.41, 5.74) is 0.0984. The Kier molecular flexibility index (Phi) is 3.43. The third kappa shape index (κ3) is 2.41. The second-order valence-corrected chi connectivity index (χ2v) is 4.74. The number of likely N-dealkylation sites (tertiary alicyclic amines) is 1. The van der Waals surface area contributed by atoms with Crippen molar-refractivity contribution in [2.24, 2.45) is 5.92 Å². The second-order valence-electron chi connectivity index (χ2n) is 4.74. The van der Waals surface area contributed by atoms with Crippen LogP contribution in [-0.2, 0) is 0 Å². The lowest BCUT2D eigenvalue weighted by molar-refractivity contribution is 0.0759. The van der Waals surface area contributed by atoms with Crippen LogP contribution in [-0.4, -0.2) is 45.3 Å². The van der Waals surface area contributed by atoms with Crippen LogP contribution in [0.4, 0.5) is 0 Å². The van der Waals surface area contributed by atoms with E-state index in [0.717, 1.165) is 6.42 Å². The quantitative estimate of drug-likeness (QED) is 0.683. The van der Waals surface area contributed by atoms with Gasteiger partial charge in [-0.05, 0) is 31.5 Å². The highest BCUT2D eigenvalue weighted by atomic mass is 16.3. The fourth-order valence-electron chi connectivity index (χ4n) is 2.23. The molecule has 2 atom stereocenters. The number of rotatable bonds is 2. The van der Waals surface area contributed by atoms with Gasteiger partial charge in [0.15, 0.2) is 0 Å². The Labute approximate surface area is 105 Å². The Morgan fingerprint density at radius 3 is 2.78 bits per heavy atom. The molecule has 5 nitrogen and oxygen atoms in total. The van der Waals surface area contributed by atoms with Crippen LogP contribution >= 0.6 is 0 Å². The van der Waals surface area contributed by atoms with Gasteiger partial charge >= 0.3 is 0 Å². The maximum atomic E-state index is 12.2. The molecule has 0 bridgehead atoms. The molecular formula is C13H17NO4. The van der Waals surface area contributed by atoms with Gasteiger partial charge < -0.3 is 20.2 Å². The molecule has 18 heavy (non-hydrogen) atoms. The van der Waals surface area contributed by atoms with Crippen LogP contribution in [0.5, 0.6) is 11.5 Å². The average molecular weight is 251 g/mol. The summed E-state index contributed by atoms with van der Waals surface area (Å²) in [4.78, 5) is 13.8. The minimum atomic E-state index is -0.444. The lowest BCUT2D eigenvalue weighted by atomic mass is 10.0. The summed E-state index contributed by atoms with van der Waals surface area (Å²) < 4.78 is 0. The molecule has 1 heterocycles. The molecule has 0 spiro atoms. The van der Waals surface area contributed by atoms with Gasteiger partial charge in [-0.25, -0.2) is 0 Å². The van der Waals surface area contributed by atoms with Crippen molar-refractivity contribution in [3.63, 3.8) is 0 Å². The Balaban J connectivity index is 2.15. The maximum Gasteiger partial charge on any atom is 0.257 e. The molecular weight excluding hydrogens is 234 g/mol. The third-order valence-electron chi connectivity index (χ3n) is 3.40. The predicted octanol–water partition coefficient (Wildman–Crippen LogP) is 0.941. The van der Waals surface area contributed by atoms with Crippen LogP contribution in [0.2, 0.25) is 0 Å². The van der Waals surface area contributed by atoms with Crippen LogP contribution in [0, 0.1) is 5.92 Å². The van der Waals surface area contributed by atoms with Gasteiger partial charge in [-0.1, -0.05) is 0 Å². The number of carbonyl (C=O) groups is 1. The largest absolute Gasteiger partial charge is 0.508 e. The fourth-order valence-corrected chi connectivity index (χ4v) is 2.23. The molecule has 3 N–H and O–H groups in total. The Bertz CT molecular complexity index is 458. The summed E-state index contributed by atoms with van der Waals surface area (Å²) in [7, 11) is 0. The third-order valence-corrected chi connectivity index (χ3v) is 3.40. The molecule has 1 amide bonds. The van der Waals surface area contributed by atoms with Gasteiger partial charge in [-0.3, -0.25) is 4.79 Å². The zero-order valence-electron chi connectivity index (χ0n) is 10.2. The van der Waals surface area contributed by atoms with Crippen molar-refractivity contribution < 1.29 is 20.1 Å². The summed E-state index contributed by atoms with van der Waals surface area (Å²) in [6, 6.07) is 3.88. The molecule has 5 heteroatoms. The number of phenolic OH excluding ortho intramolecular Hbond substituents is 2. The molecule has 2 rings (SSSR count). The zero-order valence-corrected chi connectivity index (χ0v) is 10.2. The highest BCUT2D eigenvalue weighted by molar-refractivity contribution is 5.97. The number of aliphatic hydroxyl groups excluding tert-OH is 1. The summed E-state index contributed by atoms with van der Waals surface area (Å²) in [6.45, 7) is 2.75. The lowest BCUT2D eigenvalue weighted by Crippen LogP contribution is -2.30. The topological polar surface area (TPSA) is 81.0 Å². The van der Waals surface area contributed by atoms with E-state index in [4.69, 9.17) is 0 Å². The van der Waals surface area contributed by atoms with Gasteiger partial charge in [0.05, 0.1) is 11.7 Å². The van der Waals surface area contributed by atoms with E-state index in [1.54, 1.807) is 11.8 Å². The molecule has 1 aliphatic rings. The Hall–Kier alpha value is -1.75.